The summed E-state index contributed by atoms with van der Waals surface area (Å²) in [7, 11) is 1.73. The molecule has 0 bridgehead atoms. The highest BCUT2D eigenvalue weighted by Crippen LogP contribution is 2.39. The molecule has 4 aromatic rings. The lowest BCUT2D eigenvalue weighted by Crippen LogP contribution is -2.47. The average Bonchev–Trinajstić information content (AvgIpc) is 3.64. The molecule has 50 heavy (non-hydrogen) atoms. The zero-order valence-electron chi connectivity index (χ0n) is 29.1. The second-order valence-electron chi connectivity index (χ2n) is 13.3. The smallest absolute Gasteiger partial charge is 0.261 e. The summed E-state index contributed by atoms with van der Waals surface area (Å²) in [5.41, 5.74) is 3.74. The van der Waals surface area contributed by atoms with Crippen molar-refractivity contribution < 1.29 is 19.1 Å². The molecule has 0 aliphatic carbocycles. The highest BCUT2D eigenvalue weighted by atomic mass is 35.5. The fourth-order valence-corrected chi connectivity index (χ4v) is 6.81. The molecule has 14 heteroatoms. The number of aromatic nitrogens is 2. The molecule has 2 aliphatic rings. The Kier molecular flexibility index (Phi) is 13.7. The van der Waals surface area contributed by atoms with Crippen molar-refractivity contribution in [3.05, 3.63) is 87.8 Å². The molecule has 3 aromatic heterocycles. The van der Waals surface area contributed by atoms with Gasteiger partial charge in [-0.3, -0.25) is 29.2 Å². The Morgan fingerprint density at radius 1 is 1.02 bits per heavy atom. The van der Waals surface area contributed by atoms with Crippen molar-refractivity contribution >= 4 is 71.4 Å². The van der Waals surface area contributed by atoms with Crippen molar-refractivity contribution in [2.24, 2.45) is 5.41 Å². The van der Waals surface area contributed by atoms with Crippen LogP contribution in [0.25, 0.3) is 11.0 Å². The summed E-state index contributed by atoms with van der Waals surface area (Å²) in [6, 6.07) is 13.6. The number of rotatable bonds is 10. The van der Waals surface area contributed by atoms with E-state index in [1.165, 1.54) is 0 Å². The van der Waals surface area contributed by atoms with E-state index in [-0.39, 0.29) is 60.7 Å². The van der Waals surface area contributed by atoms with Gasteiger partial charge in [0.1, 0.15) is 16.8 Å². The van der Waals surface area contributed by atoms with E-state index in [1.807, 2.05) is 44.2 Å². The number of hydrogen-bond acceptors (Lipinski definition) is 8. The molecule has 0 saturated carbocycles. The van der Waals surface area contributed by atoms with Crippen molar-refractivity contribution in [2.75, 3.05) is 43.0 Å². The molecule has 11 nitrogen and oxygen atoms in total. The number of anilines is 2. The summed E-state index contributed by atoms with van der Waals surface area (Å²) in [6.45, 7) is 11.8. The molecule has 1 aromatic carbocycles. The molecule has 1 N–H and O–H groups in total. The number of aliphatic hydroxyl groups is 1. The molecule has 0 spiro atoms. The number of nitrogens with zero attached hydrogens (tertiary/aromatic N) is 6. The van der Waals surface area contributed by atoms with Crippen LogP contribution in [0.15, 0.2) is 64.1 Å². The van der Waals surface area contributed by atoms with Crippen LogP contribution < -0.4 is 15.4 Å². The van der Waals surface area contributed by atoms with Gasteiger partial charge >= 0.3 is 0 Å². The minimum atomic E-state index is -1.18. The predicted molar refractivity (Wildman–Crippen MR) is 203 cm³/mol. The number of likely N-dealkylation sites (tertiary alicyclic amines) is 1. The largest absolute Gasteiger partial charge is 0.461 e. The first kappa shape index (κ1) is 41.0. The standard InChI is InChI=1S/C36H44N6O5.3ClH/c1-6-42-30-10-9-25(19-31(30)38(5)34(45)36(3,4)35(42)46)20-40(16-17-41-15-12-32-28(33(41)44)18-24(2)47-32)21-26-8-7-13-37-29(26)23-39-14-11-27(43)22-39;;;/h7-10,12-13,15,18-19,27,43H,6,11,14,16-17,20-23H2,1-5H3;3*1H. The van der Waals surface area contributed by atoms with E-state index in [9.17, 15) is 19.5 Å². The third-order valence-corrected chi connectivity index (χ3v) is 9.47. The molecule has 2 amide bonds. The lowest BCUT2D eigenvalue weighted by molar-refractivity contribution is -0.137. The highest BCUT2D eigenvalue weighted by Gasteiger charge is 2.45. The zero-order chi connectivity index (χ0) is 33.5. The third-order valence-electron chi connectivity index (χ3n) is 9.47. The van der Waals surface area contributed by atoms with Crippen LogP contribution >= 0.6 is 37.2 Å². The summed E-state index contributed by atoms with van der Waals surface area (Å²) in [4.78, 5) is 52.7. The lowest BCUT2D eigenvalue weighted by Gasteiger charge is -2.27. The monoisotopic (exact) mass is 748 g/mol. The van der Waals surface area contributed by atoms with E-state index in [0.29, 0.717) is 73.9 Å². The summed E-state index contributed by atoms with van der Waals surface area (Å²) in [5.74, 6) is 0.240. The Bertz CT molecular complexity index is 1880. The lowest BCUT2D eigenvalue weighted by atomic mass is 9.90. The Labute approximate surface area is 311 Å². The zero-order valence-corrected chi connectivity index (χ0v) is 31.6. The molecule has 2 aliphatic heterocycles. The van der Waals surface area contributed by atoms with Gasteiger partial charge in [-0.2, -0.15) is 0 Å². The number of halogens is 3. The van der Waals surface area contributed by atoms with E-state index in [0.717, 1.165) is 29.8 Å². The molecule has 1 fully saturated rings. The van der Waals surface area contributed by atoms with Crippen molar-refractivity contribution in [1.29, 1.82) is 0 Å². The summed E-state index contributed by atoms with van der Waals surface area (Å²) in [6.07, 6.45) is 4.04. The minimum absolute atomic E-state index is 0. The van der Waals surface area contributed by atoms with Crippen LogP contribution in [-0.4, -0.2) is 75.6 Å². The fraction of sp³-hybridized carbons (Fsp3) is 0.444. The van der Waals surface area contributed by atoms with E-state index in [4.69, 9.17) is 9.40 Å². The van der Waals surface area contributed by atoms with Crippen LogP contribution in [0.1, 0.15) is 49.8 Å². The number of aryl methyl sites for hydroxylation is 1. The fourth-order valence-electron chi connectivity index (χ4n) is 6.81. The van der Waals surface area contributed by atoms with Crippen LogP contribution in [0.5, 0.6) is 0 Å². The van der Waals surface area contributed by atoms with Crippen molar-refractivity contribution in [2.45, 2.75) is 66.4 Å². The van der Waals surface area contributed by atoms with Gasteiger partial charge in [-0.05, 0) is 75.6 Å². The van der Waals surface area contributed by atoms with Crippen molar-refractivity contribution in [3.63, 3.8) is 0 Å². The van der Waals surface area contributed by atoms with Gasteiger partial charge in [0, 0.05) is 71.8 Å². The van der Waals surface area contributed by atoms with Gasteiger partial charge in [0.25, 0.3) is 5.56 Å². The number of β-amino-alcohol motifs (C(OH)–C–C–N with tert-alkyl or cyclic N) is 1. The van der Waals surface area contributed by atoms with E-state index < -0.39 is 5.41 Å². The Balaban J connectivity index is 0.00000225. The normalized spacial score (nSPS) is 17.3. The van der Waals surface area contributed by atoms with Gasteiger partial charge in [-0.25, -0.2) is 0 Å². The van der Waals surface area contributed by atoms with Crippen LogP contribution in [0, 0.1) is 12.3 Å². The minimum Gasteiger partial charge on any atom is -0.461 e. The molecule has 0 radical (unpaired) electrons. The Hall–Kier alpha value is -3.45. The number of carbonyl (C=O) groups excluding carboxylic acids is 2. The van der Waals surface area contributed by atoms with Gasteiger partial charge in [0.2, 0.25) is 11.8 Å². The first-order valence-corrected chi connectivity index (χ1v) is 16.3. The summed E-state index contributed by atoms with van der Waals surface area (Å²) in [5, 5.41) is 10.7. The average molecular weight is 750 g/mol. The maximum absolute atomic E-state index is 13.5. The van der Waals surface area contributed by atoms with Crippen molar-refractivity contribution in [3.8, 4) is 0 Å². The van der Waals surface area contributed by atoms with Gasteiger partial charge in [-0.1, -0.05) is 12.1 Å². The topological polar surface area (TPSA) is 115 Å². The second kappa shape index (κ2) is 16.7. The van der Waals surface area contributed by atoms with Gasteiger partial charge < -0.3 is 23.9 Å². The van der Waals surface area contributed by atoms with Crippen LogP contribution in [0.2, 0.25) is 0 Å². The van der Waals surface area contributed by atoms with Crippen LogP contribution in [0.4, 0.5) is 11.4 Å². The van der Waals surface area contributed by atoms with Gasteiger partial charge in [0.15, 0.2) is 0 Å². The maximum Gasteiger partial charge on any atom is 0.261 e. The van der Waals surface area contributed by atoms with Gasteiger partial charge in [-0.15, -0.1) is 37.2 Å². The molecular weight excluding hydrogens is 703 g/mol. The van der Waals surface area contributed by atoms with Crippen LogP contribution in [-0.2, 0) is 35.8 Å². The van der Waals surface area contributed by atoms with E-state index in [1.54, 1.807) is 53.7 Å². The number of fused-ring (bicyclic) bond motifs is 2. The first-order valence-electron chi connectivity index (χ1n) is 16.3. The third kappa shape index (κ3) is 8.19. The molecule has 6 rings (SSSR count). The van der Waals surface area contributed by atoms with Crippen LogP contribution in [0.3, 0.4) is 0 Å². The number of furan rings is 1. The quantitative estimate of drug-likeness (QED) is 0.221. The predicted octanol–water partition coefficient (Wildman–Crippen LogP) is 5.19. The SMILES string of the molecule is CCN1C(=O)C(C)(C)C(=O)N(C)c2cc(CN(CCn3ccc4oc(C)cc4c3=O)Cc3cccnc3CN3CCC(O)C3)ccc21.Cl.Cl.Cl. The molecule has 5 heterocycles. The summed E-state index contributed by atoms with van der Waals surface area (Å²) >= 11 is 0. The van der Waals surface area contributed by atoms with E-state index in [2.05, 4.69) is 15.9 Å². The van der Waals surface area contributed by atoms with Gasteiger partial charge in [0.05, 0.1) is 28.6 Å². The first-order chi connectivity index (χ1) is 22.5. The molecule has 1 atom stereocenters. The number of pyridine rings is 2. The highest BCUT2D eigenvalue weighted by molar-refractivity contribution is 6.19. The van der Waals surface area contributed by atoms with E-state index >= 15 is 0 Å². The molecular formula is C36H47Cl3N6O5. The number of carbonyl (C=O) groups is 2. The number of hydrogen-bond donors (Lipinski definition) is 1. The van der Waals surface area contributed by atoms with Crippen molar-refractivity contribution in [1.82, 2.24) is 19.4 Å². The number of amides is 2. The number of benzene rings is 1. The molecule has 1 saturated heterocycles. The Morgan fingerprint density at radius 2 is 1.78 bits per heavy atom. The second-order valence-corrected chi connectivity index (χ2v) is 13.3. The number of aliphatic hydroxyl groups excluding tert-OH is 1. The summed E-state index contributed by atoms with van der Waals surface area (Å²) < 4.78 is 7.38. The molecule has 272 valence electrons. The Morgan fingerprint density at radius 3 is 2.48 bits per heavy atom. The maximum atomic E-state index is 13.5. The molecule has 1 unspecified atom stereocenters.